The van der Waals surface area contributed by atoms with Gasteiger partial charge in [-0.1, -0.05) is 19.1 Å². The van der Waals surface area contributed by atoms with Crippen molar-refractivity contribution >= 4 is 11.1 Å². The number of hydrogen-bond donors (Lipinski definition) is 2. The number of oxazole rings is 1. The molecule has 74 valence electrons. The largest absolute Gasteiger partial charge is 0.436 e. The van der Waals surface area contributed by atoms with Gasteiger partial charge >= 0.3 is 0 Å². The SMILES string of the molecule is CCC(N)(O)c1nc2ccccc2o1. The van der Waals surface area contributed by atoms with Crippen LogP contribution >= 0.6 is 0 Å². The molecule has 1 aromatic carbocycles. The van der Waals surface area contributed by atoms with Gasteiger partial charge in [-0.3, -0.25) is 5.73 Å². The third-order valence-electron chi connectivity index (χ3n) is 2.20. The lowest BCUT2D eigenvalue weighted by Crippen LogP contribution is -2.35. The molecule has 1 atom stereocenters. The fraction of sp³-hybridized carbons (Fsp3) is 0.300. The van der Waals surface area contributed by atoms with Crippen LogP contribution in [0, 0.1) is 0 Å². The second kappa shape index (κ2) is 3.08. The van der Waals surface area contributed by atoms with E-state index < -0.39 is 5.72 Å². The maximum absolute atomic E-state index is 9.72. The Morgan fingerprint density at radius 1 is 1.50 bits per heavy atom. The van der Waals surface area contributed by atoms with E-state index in [1.54, 1.807) is 13.0 Å². The summed E-state index contributed by atoms with van der Waals surface area (Å²) in [7, 11) is 0. The molecule has 2 rings (SSSR count). The molecular formula is C10H12N2O2. The first-order chi connectivity index (χ1) is 6.63. The summed E-state index contributed by atoms with van der Waals surface area (Å²) in [5.41, 5.74) is 5.47. The summed E-state index contributed by atoms with van der Waals surface area (Å²) in [4.78, 5) is 4.11. The molecule has 0 radical (unpaired) electrons. The number of nitrogens with zero attached hydrogens (tertiary/aromatic N) is 1. The summed E-state index contributed by atoms with van der Waals surface area (Å²) in [5, 5.41) is 9.72. The monoisotopic (exact) mass is 192 g/mol. The first-order valence-corrected chi connectivity index (χ1v) is 4.51. The number of hydrogen-bond acceptors (Lipinski definition) is 4. The van der Waals surface area contributed by atoms with Crippen LogP contribution < -0.4 is 5.73 Å². The zero-order valence-electron chi connectivity index (χ0n) is 7.90. The molecule has 1 heterocycles. The van der Waals surface area contributed by atoms with Gasteiger partial charge in [0.1, 0.15) is 5.52 Å². The highest BCUT2D eigenvalue weighted by molar-refractivity contribution is 5.72. The topological polar surface area (TPSA) is 72.3 Å². The predicted molar refractivity (Wildman–Crippen MR) is 52.4 cm³/mol. The number of aliphatic hydroxyl groups is 1. The Hall–Kier alpha value is -1.39. The van der Waals surface area contributed by atoms with Crippen molar-refractivity contribution in [1.82, 2.24) is 4.98 Å². The lowest BCUT2D eigenvalue weighted by Gasteiger charge is -2.15. The standard InChI is InChI=1S/C10H12N2O2/c1-2-10(11,13)9-12-7-5-3-4-6-8(7)14-9/h3-6,13H,2,11H2,1H3. The van der Waals surface area contributed by atoms with Crippen LogP contribution in [0.3, 0.4) is 0 Å². The second-order valence-corrected chi connectivity index (χ2v) is 3.26. The van der Waals surface area contributed by atoms with Gasteiger partial charge in [0.15, 0.2) is 11.3 Å². The Morgan fingerprint density at radius 2 is 2.21 bits per heavy atom. The van der Waals surface area contributed by atoms with Crippen LogP contribution in [0.4, 0.5) is 0 Å². The van der Waals surface area contributed by atoms with Crippen LogP contribution in [0.2, 0.25) is 0 Å². The Bertz CT molecular complexity index is 415. The van der Waals surface area contributed by atoms with E-state index in [0.717, 1.165) is 0 Å². The highest BCUT2D eigenvalue weighted by atomic mass is 16.4. The Kier molecular flexibility index (Phi) is 2.02. The molecule has 0 saturated heterocycles. The van der Waals surface area contributed by atoms with E-state index >= 15 is 0 Å². The van der Waals surface area contributed by atoms with Crippen LogP contribution in [0.5, 0.6) is 0 Å². The summed E-state index contributed by atoms with van der Waals surface area (Å²) in [6.07, 6.45) is 0.361. The van der Waals surface area contributed by atoms with Crippen LogP contribution in [0.25, 0.3) is 11.1 Å². The van der Waals surface area contributed by atoms with Gasteiger partial charge in [0, 0.05) is 0 Å². The predicted octanol–water partition coefficient (Wildman–Crippen LogP) is 1.34. The van der Waals surface area contributed by atoms with Crippen molar-refractivity contribution < 1.29 is 9.52 Å². The van der Waals surface area contributed by atoms with Crippen LogP contribution in [0.15, 0.2) is 28.7 Å². The van der Waals surface area contributed by atoms with Crippen LogP contribution in [-0.4, -0.2) is 10.1 Å². The van der Waals surface area contributed by atoms with Crippen LogP contribution in [0.1, 0.15) is 19.2 Å². The molecule has 0 aliphatic carbocycles. The third-order valence-corrected chi connectivity index (χ3v) is 2.20. The van der Waals surface area contributed by atoms with E-state index in [1.165, 1.54) is 0 Å². The number of benzene rings is 1. The molecule has 3 N–H and O–H groups in total. The van der Waals surface area contributed by atoms with Gasteiger partial charge in [0.2, 0.25) is 5.89 Å². The van der Waals surface area contributed by atoms with Gasteiger partial charge in [-0.2, -0.15) is 0 Å². The summed E-state index contributed by atoms with van der Waals surface area (Å²) in [5.74, 6) is 0.168. The van der Waals surface area contributed by atoms with Crippen molar-refractivity contribution in [2.24, 2.45) is 5.73 Å². The first kappa shape index (κ1) is 9.18. The quantitative estimate of drug-likeness (QED) is 0.704. The smallest absolute Gasteiger partial charge is 0.242 e. The van der Waals surface area contributed by atoms with Crippen molar-refractivity contribution in [1.29, 1.82) is 0 Å². The average molecular weight is 192 g/mol. The second-order valence-electron chi connectivity index (χ2n) is 3.26. The fourth-order valence-corrected chi connectivity index (χ4v) is 1.21. The Labute approximate surface area is 81.4 Å². The zero-order valence-corrected chi connectivity index (χ0v) is 7.90. The van der Waals surface area contributed by atoms with Gasteiger partial charge in [-0.15, -0.1) is 0 Å². The molecule has 0 spiro atoms. The molecule has 0 saturated carbocycles. The van der Waals surface area contributed by atoms with Gasteiger partial charge in [-0.05, 0) is 18.6 Å². The van der Waals surface area contributed by atoms with E-state index in [0.29, 0.717) is 17.5 Å². The average Bonchev–Trinajstić information content (AvgIpc) is 2.61. The molecule has 4 nitrogen and oxygen atoms in total. The fourth-order valence-electron chi connectivity index (χ4n) is 1.21. The molecule has 1 aromatic heterocycles. The molecule has 0 aliphatic rings. The summed E-state index contributed by atoms with van der Waals surface area (Å²) in [6, 6.07) is 7.31. The highest BCUT2D eigenvalue weighted by Crippen LogP contribution is 2.22. The van der Waals surface area contributed by atoms with Crippen LogP contribution in [-0.2, 0) is 5.72 Å². The molecule has 2 aromatic rings. The maximum atomic E-state index is 9.72. The summed E-state index contributed by atoms with van der Waals surface area (Å²) < 4.78 is 5.34. The Balaban J connectivity index is 2.55. The molecule has 1 unspecified atom stereocenters. The van der Waals surface area contributed by atoms with Crippen molar-refractivity contribution in [2.75, 3.05) is 0 Å². The lowest BCUT2D eigenvalue weighted by molar-refractivity contribution is 0.0133. The van der Waals surface area contributed by atoms with Crippen molar-refractivity contribution in [3.63, 3.8) is 0 Å². The van der Waals surface area contributed by atoms with E-state index in [-0.39, 0.29) is 5.89 Å². The molecule has 0 bridgehead atoms. The van der Waals surface area contributed by atoms with Gasteiger partial charge < -0.3 is 9.52 Å². The van der Waals surface area contributed by atoms with Crippen molar-refractivity contribution in [3.8, 4) is 0 Å². The minimum atomic E-state index is -1.47. The summed E-state index contributed by atoms with van der Waals surface area (Å²) in [6.45, 7) is 1.77. The van der Waals surface area contributed by atoms with E-state index in [2.05, 4.69) is 4.98 Å². The van der Waals surface area contributed by atoms with Crippen molar-refractivity contribution in [3.05, 3.63) is 30.2 Å². The number of fused-ring (bicyclic) bond motifs is 1. The molecule has 14 heavy (non-hydrogen) atoms. The molecule has 4 heteroatoms. The highest BCUT2D eigenvalue weighted by Gasteiger charge is 2.27. The number of nitrogens with two attached hydrogens (primary N) is 1. The first-order valence-electron chi connectivity index (χ1n) is 4.51. The Morgan fingerprint density at radius 3 is 2.86 bits per heavy atom. The van der Waals surface area contributed by atoms with E-state index in [1.807, 2.05) is 18.2 Å². The minimum Gasteiger partial charge on any atom is -0.436 e. The summed E-state index contributed by atoms with van der Waals surface area (Å²) >= 11 is 0. The molecule has 0 aliphatic heterocycles. The maximum Gasteiger partial charge on any atom is 0.242 e. The van der Waals surface area contributed by atoms with Gasteiger partial charge in [0.05, 0.1) is 0 Å². The third kappa shape index (κ3) is 1.38. The minimum absolute atomic E-state index is 0.168. The number of rotatable bonds is 2. The van der Waals surface area contributed by atoms with E-state index in [9.17, 15) is 5.11 Å². The lowest BCUT2D eigenvalue weighted by atomic mass is 10.2. The number of para-hydroxylation sites is 2. The van der Waals surface area contributed by atoms with Gasteiger partial charge in [0.25, 0.3) is 0 Å². The molecular weight excluding hydrogens is 180 g/mol. The zero-order chi connectivity index (χ0) is 10.2. The molecule has 0 amide bonds. The normalized spacial score (nSPS) is 15.6. The van der Waals surface area contributed by atoms with Gasteiger partial charge in [-0.25, -0.2) is 4.98 Å². The molecule has 0 fully saturated rings. The van der Waals surface area contributed by atoms with Crippen molar-refractivity contribution in [2.45, 2.75) is 19.1 Å². The number of aromatic nitrogens is 1. The van der Waals surface area contributed by atoms with E-state index in [4.69, 9.17) is 10.2 Å².